The standard InChI is InChI=1S/C28H28FN3O2/c1-28(2,3)23-9-13-25(14-10-23)34-19-21-5-4-6-22(17-21)27(33)30-26-15-16-32(31-26)18-20-7-11-24(29)12-8-20/h4-17H,18-19H2,1-3H3,(H,30,31,33). The zero-order valence-electron chi connectivity index (χ0n) is 19.6. The van der Waals surface area contributed by atoms with Crippen LogP contribution in [0.2, 0.25) is 0 Å². The maximum Gasteiger partial charge on any atom is 0.256 e. The minimum absolute atomic E-state index is 0.0943. The van der Waals surface area contributed by atoms with Crippen LogP contribution in [-0.4, -0.2) is 15.7 Å². The van der Waals surface area contributed by atoms with Crippen LogP contribution in [0, 0.1) is 5.82 Å². The van der Waals surface area contributed by atoms with E-state index >= 15 is 0 Å². The second-order valence-corrected chi connectivity index (χ2v) is 9.24. The number of amides is 1. The Morgan fingerprint density at radius 3 is 2.41 bits per heavy atom. The van der Waals surface area contributed by atoms with Crippen molar-refractivity contribution in [3.8, 4) is 5.75 Å². The number of carbonyl (C=O) groups excluding carboxylic acids is 1. The molecule has 0 fully saturated rings. The van der Waals surface area contributed by atoms with Crippen molar-refractivity contribution >= 4 is 11.7 Å². The summed E-state index contributed by atoms with van der Waals surface area (Å²) in [6.07, 6.45) is 1.77. The van der Waals surface area contributed by atoms with E-state index in [2.05, 4.69) is 43.3 Å². The molecule has 0 radical (unpaired) electrons. The minimum Gasteiger partial charge on any atom is -0.489 e. The molecule has 0 saturated heterocycles. The van der Waals surface area contributed by atoms with Gasteiger partial charge in [-0.05, 0) is 58.5 Å². The normalized spacial score (nSPS) is 11.3. The van der Waals surface area contributed by atoms with Gasteiger partial charge < -0.3 is 10.1 Å². The van der Waals surface area contributed by atoms with E-state index < -0.39 is 0 Å². The van der Waals surface area contributed by atoms with Gasteiger partial charge >= 0.3 is 0 Å². The molecule has 0 bridgehead atoms. The molecule has 0 aliphatic rings. The lowest BCUT2D eigenvalue weighted by Crippen LogP contribution is -2.13. The minimum atomic E-state index is -0.275. The maximum atomic E-state index is 13.1. The van der Waals surface area contributed by atoms with Crippen molar-refractivity contribution in [2.75, 3.05) is 5.32 Å². The molecule has 0 aliphatic heterocycles. The van der Waals surface area contributed by atoms with Gasteiger partial charge in [0.15, 0.2) is 5.82 Å². The van der Waals surface area contributed by atoms with Crippen LogP contribution in [0.1, 0.15) is 47.8 Å². The summed E-state index contributed by atoms with van der Waals surface area (Å²) in [5, 5.41) is 7.21. The third-order valence-electron chi connectivity index (χ3n) is 5.46. The SMILES string of the molecule is CC(C)(C)c1ccc(OCc2cccc(C(=O)Nc3ccn(Cc4ccc(F)cc4)n3)c2)cc1. The van der Waals surface area contributed by atoms with Gasteiger partial charge in [0, 0.05) is 17.8 Å². The quantitative estimate of drug-likeness (QED) is 0.360. The highest BCUT2D eigenvalue weighted by atomic mass is 19.1. The predicted octanol–water partition coefficient (Wildman–Crippen LogP) is 6.20. The van der Waals surface area contributed by atoms with Gasteiger partial charge in [0.05, 0.1) is 6.54 Å². The number of rotatable bonds is 7. The van der Waals surface area contributed by atoms with Crippen molar-refractivity contribution in [3.05, 3.63) is 113 Å². The molecule has 0 saturated carbocycles. The Kier molecular flexibility index (Phi) is 6.77. The third kappa shape index (κ3) is 6.10. The molecule has 0 unspecified atom stereocenters. The molecule has 1 heterocycles. The van der Waals surface area contributed by atoms with E-state index in [1.54, 1.807) is 35.1 Å². The lowest BCUT2D eigenvalue weighted by Gasteiger charge is -2.19. The summed E-state index contributed by atoms with van der Waals surface area (Å²) in [7, 11) is 0. The second-order valence-electron chi connectivity index (χ2n) is 9.24. The molecule has 1 N–H and O–H groups in total. The van der Waals surface area contributed by atoms with E-state index in [0.29, 0.717) is 24.5 Å². The van der Waals surface area contributed by atoms with Gasteiger partial charge in [0.25, 0.3) is 5.91 Å². The summed E-state index contributed by atoms with van der Waals surface area (Å²) in [4.78, 5) is 12.7. The molecule has 4 rings (SSSR count). The van der Waals surface area contributed by atoms with Crippen LogP contribution in [-0.2, 0) is 18.6 Å². The van der Waals surface area contributed by atoms with Gasteiger partial charge in [0.2, 0.25) is 0 Å². The van der Waals surface area contributed by atoms with Crippen LogP contribution in [0.4, 0.5) is 10.2 Å². The van der Waals surface area contributed by atoms with E-state index in [4.69, 9.17) is 4.74 Å². The van der Waals surface area contributed by atoms with Crippen molar-refractivity contribution in [2.24, 2.45) is 0 Å². The molecule has 1 aromatic heterocycles. The predicted molar refractivity (Wildman–Crippen MR) is 132 cm³/mol. The van der Waals surface area contributed by atoms with Crippen molar-refractivity contribution in [2.45, 2.75) is 39.3 Å². The number of nitrogens with zero attached hydrogens (tertiary/aromatic N) is 2. The number of ether oxygens (including phenoxy) is 1. The van der Waals surface area contributed by atoms with Crippen LogP contribution in [0.15, 0.2) is 85.1 Å². The van der Waals surface area contributed by atoms with Gasteiger partial charge in [0.1, 0.15) is 18.2 Å². The molecule has 0 spiro atoms. The number of aromatic nitrogens is 2. The summed E-state index contributed by atoms with van der Waals surface area (Å²) >= 11 is 0. The van der Waals surface area contributed by atoms with Gasteiger partial charge in [-0.25, -0.2) is 4.39 Å². The molecule has 0 aliphatic carbocycles. The van der Waals surface area contributed by atoms with Crippen molar-refractivity contribution in [1.82, 2.24) is 9.78 Å². The number of hydrogen-bond donors (Lipinski definition) is 1. The topological polar surface area (TPSA) is 56.1 Å². The number of halogens is 1. The first-order valence-corrected chi connectivity index (χ1v) is 11.2. The number of nitrogens with one attached hydrogen (secondary N) is 1. The number of hydrogen-bond acceptors (Lipinski definition) is 3. The summed E-state index contributed by atoms with van der Waals surface area (Å²) < 4.78 is 20.7. The molecule has 0 atom stereocenters. The van der Waals surface area contributed by atoms with E-state index in [0.717, 1.165) is 16.9 Å². The smallest absolute Gasteiger partial charge is 0.256 e. The largest absolute Gasteiger partial charge is 0.489 e. The highest BCUT2D eigenvalue weighted by Gasteiger charge is 2.13. The van der Waals surface area contributed by atoms with Crippen LogP contribution in [0.25, 0.3) is 0 Å². The van der Waals surface area contributed by atoms with Gasteiger partial charge in [-0.3, -0.25) is 9.48 Å². The Labute approximate surface area is 199 Å². The molecular weight excluding hydrogens is 429 g/mol. The summed E-state index contributed by atoms with van der Waals surface area (Å²) in [6, 6.07) is 23.4. The van der Waals surface area contributed by atoms with Gasteiger partial charge in [-0.1, -0.05) is 57.2 Å². The zero-order valence-corrected chi connectivity index (χ0v) is 19.6. The fraction of sp³-hybridized carbons (Fsp3) is 0.214. The van der Waals surface area contributed by atoms with Gasteiger partial charge in [-0.2, -0.15) is 5.10 Å². The van der Waals surface area contributed by atoms with Crippen LogP contribution in [0.3, 0.4) is 0 Å². The Hall–Kier alpha value is -3.93. The van der Waals surface area contributed by atoms with Crippen molar-refractivity contribution < 1.29 is 13.9 Å². The number of benzene rings is 3. The van der Waals surface area contributed by atoms with Crippen molar-refractivity contribution in [1.29, 1.82) is 0 Å². The molecule has 34 heavy (non-hydrogen) atoms. The number of anilines is 1. The molecule has 1 amide bonds. The fourth-order valence-electron chi connectivity index (χ4n) is 3.50. The average molecular weight is 458 g/mol. The lowest BCUT2D eigenvalue weighted by molar-refractivity contribution is 0.102. The molecule has 5 nitrogen and oxygen atoms in total. The van der Waals surface area contributed by atoms with Crippen LogP contribution < -0.4 is 10.1 Å². The highest BCUT2D eigenvalue weighted by Crippen LogP contribution is 2.24. The second kappa shape index (κ2) is 9.91. The highest BCUT2D eigenvalue weighted by molar-refractivity contribution is 6.03. The van der Waals surface area contributed by atoms with E-state index in [9.17, 15) is 9.18 Å². The molecule has 174 valence electrons. The summed E-state index contributed by atoms with van der Waals surface area (Å²) in [6.45, 7) is 7.38. The average Bonchev–Trinajstić information content (AvgIpc) is 3.25. The monoisotopic (exact) mass is 457 g/mol. The first-order valence-electron chi connectivity index (χ1n) is 11.2. The first kappa shape index (κ1) is 23.2. The fourth-order valence-corrected chi connectivity index (χ4v) is 3.50. The van der Waals surface area contributed by atoms with Gasteiger partial charge in [-0.15, -0.1) is 0 Å². The lowest BCUT2D eigenvalue weighted by atomic mass is 9.87. The van der Waals surface area contributed by atoms with Crippen LogP contribution >= 0.6 is 0 Å². The molecule has 3 aromatic carbocycles. The van der Waals surface area contributed by atoms with E-state index in [1.165, 1.54) is 17.7 Å². The molecular formula is C28H28FN3O2. The van der Waals surface area contributed by atoms with Crippen molar-refractivity contribution in [3.63, 3.8) is 0 Å². The Morgan fingerprint density at radius 1 is 0.971 bits per heavy atom. The number of carbonyl (C=O) groups is 1. The summed E-state index contributed by atoms with van der Waals surface area (Å²) in [5.74, 6) is 0.717. The van der Waals surface area contributed by atoms with E-state index in [-0.39, 0.29) is 17.1 Å². The molecule has 4 aromatic rings. The maximum absolute atomic E-state index is 13.1. The summed E-state index contributed by atoms with van der Waals surface area (Å²) in [5.41, 5.74) is 3.69. The van der Waals surface area contributed by atoms with Crippen LogP contribution in [0.5, 0.6) is 5.75 Å². The zero-order chi connectivity index (χ0) is 24.1. The Morgan fingerprint density at radius 2 is 1.71 bits per heavy atom. The van der Waals surface area contributed by atoms with E-state index in [1.807, 2.05) is 30.3 Å². The third-order valence-corrected chi connectivity index (χ3v) is 5.46. The first-order chi connectivity index (χ1) is 16.3. The Bertz CT molecular complexity index is 1260. The Balaban J connectivity index is 1.34. The molecule has 6 heteroatoms.